The summed E-state index contributed by atoms with van der Waals surface area (Å²) >= 11 is 0. The van der Waals surface area contributed by atoms with Crippen molar-refractivity contribution in [3.8, 4) is 0 Å². The van der Waals surface area contributed by atoms with Crippen molar-refractivity contribution in [2.24, 2.45) is 0 Å². The first kappa shape index (κ1) is 11.6. The van der Waals surface area contributed by atoms with Gasteiger partial charge in [-0.2, -0.15) is 0 Å². The van der Waals surface area contributed by atoms with Crippen LogP contribution in [0.2, 0.25) is 0 Å². The van der Waals surface area contributed by atoms with Gasteiger partial charge in [0.05, 0.1) is 0 Å². The lowest BCUT2D eigenvalue weighted by Gasteiger charge is -2.21. The summed E-state index contributed by atoms with van der Waals surface area (Å²) in [6, 6.07) is 0. The predicted octanol–water partition coefficient (Wildman–Crippen LogP) is 2.68. The Morgan fingerprint density at radius 3 is 2.25 bits per heavy atom. The molecule has 72 valence electrons. The van der Waals surface area contributed by atoms with E-state index in [1.807, 2.05) is 34.6 Å². The summed E-state index contributed by atoms with van der Waals surface area (Å²) in [7, 11) is 0. The molecule has 0 saturated heterocycles. The highest BCUT2D eigenvalue weighted by atomic mass is 19.1. The van der Waals surface area contributed by atoms with E-state index in [1.165, 1.54) is 0 Å². The summed E-state index contributed by atoms with van der Waals surface area (Å²) < 4.78 is 13.0. The Bertz CT molecular complexity index is 152. The molecule has 0 aromatic heterocycles. The minimum atomic E-state index is -0.866. The third-order valence-corrected chi connectivity index (χ3v) is 1.34. The Hall–Kier alpha value is -0.370. The first-order valence-electron chi connectivity index (χ1n) is 4.35. The van der Waals surface area contributed by atoms with Gasteiger partial charge in [-0.25, -0.2) is 4.39 Å². The van der Waals surface area contributed by atoms with Crippen LogP contribution in [0.15, 0.2) is 11.6 Å². The molecule has 0 saturated carbocycles. The van der Waals surface area contributed by atoms with E-state index in [4.69, 9.17) is 0 Å². The van der Waals surface area contributed by atoms with E-state index in [9.17, 15) is 4.39 Å². The van der Waals surface area contributed by atoms with Crippen LogP contribution in [-0.4, -0.2) is 18.3 Å². The third kappa shape index (κ3) is 7.73. The summed E-state index contributed by atoms with van der Waals surface area (Å²) in [5, 5.41) is 3.11. The van der Waals surface area contributed by atoms with E-state index >= 15 is 0 Å². The molecule has 12 heavy (non-hydrogen) atoms. The molecular weight excluding hydrogens is 153 g/mol. The zero-order valence-corrected chi connectivity index (χ0v) is 8.74. The highest BCUT2D eigenvalue weighted by molar-refractivity contribution is 4.99. The summed E-state index contributed by atoms with van der Waals surface area (Å²) in [6.07, 6.45) is 0.771. The van der Waals surface area contributed by atoms with E-state index in [0.29, 0.717) is 6.54 Å². The van der Waals surface area contributed by atoms with Crippen molar-refractivity contribution in [3.63, 3.8) is 0 Å². The molecule has 0 aromatic carbocycles. The van der Waals surface area contributed by atoms with Crippen LogP contribution in [0.5, 0.6) is 0 Å². The molecule has 0 fully saturated rings. The van der Waals surface area contributed by atoms with Crippen molar-refractivity contribution in [3.05, 3.63) is 11.6 Å². The lowest BCUT2D eigenvalue weighted by atomic mass is 10.1. The SMILES string of the molecule is CC(C)=CC(F)CNC(C)(C)C. The maximum absolute atomic E-state index is 13.0. The van der Waals surface area contributed by atoms with Gasteiger partial charge in [-0.3, -0.25) is 0 Å². The van der Waals surface area contributed by atoms with Crippen molar-refractivity contribution in [1.29, 1.82) is 0 Å². The average Bonchev–Trinajstić information content (AvgIpc) is 1.80. The fraction of sp³-hybridized carbons (Fsp3) is 0.800. The minimum absolute atomic E-state index is 0.000172. The number of rotatable bonds is 3. The number of allylic oxidation sites excluding steroid dienone is 1. The molecule has 0 heterocycles. The molecular formula is C10H20FN. The van der Waals surface area contributed by atoms with Crippen LogP contribution in [0.4, 0.5) is 4.39 Å². The molecule has 0 aliphatic carbocycles. The predicted molar refractivity (Wildman–Crippen MR) is 52.1 cm³/mol. The van der Waals surface area contributed by atoms with E-state index < -0.39 is 6.17 Å². The molecule has 1 unspecified atom stereocenters. The Morgan fingerprint density at radius 1 is 1.42 bits per heavy atom. The second-order valence-electron chi connectivity index (χ2n) is 4.39. The van der Waals surface area contributed by atoms with Gasteiger partial charge in [0, 0.05) is 12.1 Å². The van der Waals surface area contributed by atoms with E-state index in [0.717, 1.165) is 5.57 Å². The fourth-order valence-corrected chi connectivity index (χ4v) is 0.824. The molecule has 1 nitrogen and oxygen atoms in total. The second kappa shape index (κ2) is 4.61. The first-order valence-corrected chi connectivity index (χ1v) is 4.35. The highest BCUT2D eigenvalue weighted by Gasteiger charge is 2.11. The van der Waals surface area contributed by atoms with Gasteiger partial charge >= 0.3 is 0 Å². The maximum atomic E-state index is 13.0. The largest absolute Gasteiger partial charge is 0.309 e. The van der Waals surface area contributed by atoms with Gasteiger partial charge in [-0.1, -0.05) is 11.6 Å². The number of halogens is 1. The third-order valence-electron chi connectivity index (χ3n) is 1.34. The molecule has 0 bridgehead atoms. The van der Waals surface area contributed by atoms with Crippen LogP contribution in [0.3, 0.4) is 0 Å². The van der Waals surface area contributed by atoms with Crippen molar-refractivity contribution < 1.29 is 4.39 Å². The van der Waals surface area contributed by atoms with Crippen LogP contribution in [-0.2, 0) is 0 Å². The van der Waals surface area contributed by atoms with Gasteiger partial charge in [-0.15, -0.1) is 0 Å². The Labute approximate surface area is 75.0 Å². The average molecular weight is 173 g/mol. The molecule has 0 aliphatic rings. The number of hydrogen-bond acceptors (Lipinski definition) is 1. The van der Waals surface area contributed by atoms with Gasteiger partial charge in [0.15, 0.2) is 0 Å². The van der Waals surface area contributed by atoms with E-state index in [-0.39, 0.29) is 5.54 Å². The van der Waals surface area contributed by atoms with Crippen molar-refractivity contribution >= 4 is 0 Å². The van der Waals surface area contributed by atoms with E-state index in [2.05, 4.69) is 5.32 Å². The number of alkyl halides is 1. The molecule has 0 spiro atoms. The highest BCUT2D eigenvalue weighted by Crippen LogP contribution is 2.02. The summed E-state index contributed by atoms with van der Waals surface area (Å²) in [5.74, 6) is 0. The fourth-order valence-electron chi connectivity index (χ4n) is 0.824. The lowest BCUT2D eigenvalue weighted by molar-refractivity contribution is 0.328. The Kier molecular flexibility index (Phi) is 4.46. The van der Waals surface area contributed by atoms with Gasteiger partial charge in [-0.05, 0) is 34.6 Å². The monoisotopic (exact) mass is 173 g/mol. The molecule has 0 radical (unpaired) electrons. The van der Waals surface area contributed by atoms with Gasteiger partial charge in [0.1, 0.15) is 6.17 Å². The van der Waals surface area contributed by atoms with E-state index in [1.54, 1.807) is 6.08 Å². The van der Waals surface area contributed by atoms with Crippen molar-refractivity contribution in [2.45, 2.75) is 46.3 Å². The Balaban J connectivity index is 3.73. The molecule has 0 aliphatic heterocycles. The van der Waals surface area contributed by atoms with Gasteiger partial charge in [0.25, 0.3) is 0 Å². The number of hydrogen-bond donors (Lipinski definition) is 1. The van der Waals surface area contributed by atoms with Crippen molar-refractivity contribution in [1.82, 2.24) is 5.32 Å². The molecule has 1 N–H and O–H groups in total. The molecule has 0 amide bonds. The van der Waals surface area contributed by atoms with Gasteiger partial charge < -0.3 is 5.32 Å². The summed E-state index contributed by atoms with van der Waals surface area (Å²) in [4.78, 5) is 0. The second-order valence-corrected chi connectivity index (χ2v) is 4.39. The minimum Gasteiger partial charge on any atom is -0.309 e. The van der Waals surface area contributed by atoms with Gasteiger partial charge in [0.2, 0.25) is 0 Å². The standard InChI is InChI=1S/C10H20FN/c1-8(2)6-9(11)7-12-10(3,4)5/h6,9,12H,7H2,1-5H3. The van der Waals surface area contributed by atoms with Crippen LogP contribution in [0.1, 0.15) is 34.6 Å². The molecule has 2 heteroatoms. The number of nitrogens with one attached hydrogen (secondary N) is 1. The zero-order chi connectivity index (χ0) is 9.78. The molecule has 0 rings (SSSR count). The zero-order valence-electron chi connectivity index (χ0n) is 8.74. The lowest BCUT2D eigenvalue weighted by Crippen LogP contribution is -2.39. The normalized spacial score (nSPS) is 14.2. The molecule has 0 aromatic rings. The topological polar surface area (TPSA) is 12.0 Å². The Morgan fingerprint density at radius 2 is 1.92 bits per heavy atom. The first-order chi connectivity index (χ1) is 5.31. The van der Waals surface area contributed by atoms with Crippen molar-refractivity contribution in [2.75, 3.05) is 6.54 Å². The molecule has 1 atom stereocenters. The van der Waals surface area contributed by atoms with Crippen LogP contribution in [0.25, 0.3) is 0 Å². The smallest absolute Gasteiger partial charge is 0.131 e. The summed E-state index contributed by atoms with van der Waals surface area (Å²) in [6.45, 7) is 10.3. The van der Waals surface area contributed by atoms with Crippen LogP contribution in [0, 0.1) is 0 Å². The summed E-state index contributed by atoms with van der Waals surface area (Å²) in [5.41, 5.74) is 1.03. The quantitative estimate of drug-likeness (QED) is 0.647. The van der Waals surface area contributed by atoms with Crippen LogP contribution < -0.4 is 5.32 Å². The van der Waals surface area contributed by atoms with Crippen LogP contribution >= 0.6 is 0 Å². The maximum Gasteiger partial charge on any atom is 0.131 e.